The Bertz CT molecular complexity index is 1190. The van der Waals surface area contributed by atoms with Crippen molar-refractivity contribution in [1.82, 2.24) is 0 Å². The first-order chi connectivity index (χ1) is 21.3. The van der Waals surface area contributed by atoms with Crippen LogP contribution < -0.4 is 0 Å². The molecule has 8 heteroatoms. The van der Waals surface area contributed by atoms with Gasteiger partial charge in [0.15, 0.2) is 12.1 Å². The summed E-state index contributed by atoms with van der Waals surface area (Å²) in [6.45, 7) is 17.3. The number of hydrogen-bond donors (Lipinski definition) is 1. The minimum Gasteiger partial charge on any atom is -0.462 e. The predicted molar refractivity (Wildman–Crippen MR) is 172 cm³/mol. The molecule has 5 aliphatic rings. The lowest BCUT2D eigenvalue weighted by Crippen LogP contribution is -2.59. The predicted octanol–water partition coefficient (Wildman–Crippen LogP) is 6.58. The minimum atomic E-state index is -1.63. The Morgan fingerprint density at radius 2 is 1.91 bits per heavy atom. The summed E-state index contributed by atoms with van der Waals surface area (Å²) in [5.41, 5.74) is 1.12. The van der Waals surface area contributed by atoms with E-state index in [0.717, 1.165) is 31.3 Å². The van der Waals surface area contributed by atoms with E-state index < -0.39 is 47.9 Å². The highest BCUT2D eigenvalue weighted by molar-refractivity contribution is 5.78. The quantitative estimate of drug-likeness (QED) is 0.208. The second kappa shape index (κ2) is 14.1. The van der Waals surface area contributed by atoms with E-state index in [4.69, 9.17) is 28.4 Å². The highest BCUT2D eigenvalue weighted by Crippen LogP contribution is 2.48. The Hall–Kier alpha value is -1.81. The van der Waals surface area contributed by atoms with Gasteiger partial charge in [0.05, 0.1) is 18.8 Å². The number of esters is 1. The number of ether oxygens (including phenoxy) is 6. The number of aliphatic hydroxyl groups is 1. The number of hydrogen-bond acceptors (Lipinski definition) is 8. The molecule has 1 aliphatic carbocycles. The van der Waals surface area contributed by atoms with Crippen molar-refractivity contribution in [3.63, 3.8) is 0 Å². The third kappa shape index (κ3) is 7.37. The molecule has 3 saturated heterocycles. The third-order valence-electron chi connectivity index (χ3n) is 10.4. The lowest BCUT2D eigenvalue weighted by molar-refractivity contribution is -0.340. The van der Waals surface area contributed by atoms with Crippen LogP contribution >= 0.6 is 0 Å². The smallest absolute Gasteiger partial charge is 0.316 e. The summed E-state index contributed by atoms with van der Waals surface area (Å²) in [6.07, 6.45) is 12.2. The molecule has 4 heterocycles. The largest absolute Gasteiger partial charge is 0.462 e. The molecule has 11 atom stereocenters. The molecule has 3 fully saturated rings. The van der Waals surface area contributed by atoms with Crippen LogP contribution in [0.2, 0.25) is 0 Å². The fraction of sp³-hybridized carbons (Fsp3) is 0.757. The molecule has 4 aliphatic heterocycles. The molecule has 0 radical (unpaired) electrons. The average Bonchev–Trinajstić information content (AvgIpc) is 3.30. The van der Waals surface area contributed by atoms with Crippen molar-refractivity contribution in [2.75, 3.05) is 13.2 Å². The first-order valence-corrected chi connectivity index (χ1v) is 17.2. The Morgan fingerprint density at radius 3 is 2.64 bits per heavy atom. The number of carbonyl (C=O) groups excluding carboxylic acids is 1. The van der Waals surface area contributed by atoms with Crippen LogP contribution in [0.4, 0.5) is 0 Å². The summed E-state index contributed by atoms with van der Waals surface area (Å²) in [5, 5.41) is 12.6. The van der Waals surface area contributed by atoms with Crippen LogP contribution in [0.5, 0.6) is 0 Å². The van der Waals surface area contributed by atoms with Gasteiger partial charge in [-0.2, -0.15) is 0 Å². The van der Waals surface area contributed by atoms with Gasteiger partial charge in [0.1, 0.15) is 29.8 Å². The van der Waals surface area contributed by atoms with E-state index in [-0.39, 0.29) is 24.7 Å². The standard InChI is InChI=1S/C37H56O8/c1-9-40-27(8)42-33-26(7)18-31-35(38)43-30-19-29(44-36(20-30)16-15-25(6)32(45-36)22(2)3)14-13-24(5)17-23(4)11-10-12-28-21-41-34(33)37(28,31)39/h10-13,18,22-23,25,27,29-34,39H,9,14-17,19-21H2,1-8H3/b11-10+,24-13+,28-12+/t23-,25-,27?,29+,30-,31-,32+,33+,34+,36+,37+/m0/s1. The van der Waals surface area contributed by atoms with Crippen LogP contribution in [-0.2, 0) is 33.2 Å². The molecule has 2 bridgehead atoms. The van der Waals surface area contributed by atoms with E-state index in [1.54, 1.807) is 0 Å². The average molecular weight is 629 g/mol. The van der Waals surface area contributed by atoms with Crippen molar-refractivity contribution in [2.45, 2.75) is 142 Å². The zero-order chi connectivity index (χ0) is 32.5. The first-order valence-electron chi connectivity index (χ1n) is 17.2. The molecule has 45 heavy (non-hydrogen) atoms. The van der Waals surface area contributed by atoms with Gasteiger partial charge in [-0.05, 0) is 75.9 Å². The van der Waals surface area contributed by atoms with Crippen molar-refractivity contribution in [3.8, 4) is 0 Å². The van der Waals surface area contributed by atoms with Crippen LogP contribution in [0.3, 0.4) is 0 Å². The minimum absolute atomic E-state index is 0.0707. The molecule has 1 N–H and O–H groups in total. The summed E-state index contributed by atoms with van der Waals surface area (Å²) in [4.78, 5) is 14.3. The summed E-state index contributed by atoms with van der Waals surface area (Å²) >= 11 is 0. The van der Waals surface area contributed by atoms with Gasteiger partial charge in [0, 0.05) is 25.9 Å². The molecule has 252 valence electrons. The molecule has 0 aromatic rings. The molecule has 0 aromatic carbocycles. The maximum Gasteiger partial charge on any atom is 0.316 e. The second-order valence-corrected chi connectivity index (χ2v) is 14.6. The van der Waals surface area contributed by atoms with Crippen molar-refractivity contribution >= 4 is 5.97 Å². The fourth-order valence-electron chi connectivity index (χ4n) is 8.13. The normalized spacial score (nSPS) is 44.7. The summed E-state index contributed by atoms with van der Waals surface area (Å²) < 4.78 is 38.2. The van der Waals surface area contributed by atoms with Crippen LogP contribution in [0.25, 0.3) is 0 Å². The number of fused-ring (bicyclic) bond motifs is 2. The Morgan fingerprint density at radius 1 is 1.13 bits per heavy atom. The molecule has 8 nitrogen and oxygen atoms in total. The lowest BCUT2D eigenvalue weighted by atomic mass is 9.70. The van der Waals surface area contributed by atoms with E-state index in [1.165, 1.54) is 5.57 Å². The summed E-state index contributed by atoms with van der Waals surface area (Å²) in [7, 11) is 0. The molecular weight excluding hydrogens is 572 g/mol. The third-order valence-corrected chi connectivity index (χ3v) is 10.4. The maximum absolute atomic E-state index is 14.3. The van der Waals surface area contributed by atoms with Gasteiger partial charge in [-0.15, -0.1) is 0 Å². The number of carbonyl (C=O) groups is 1. The zero-order valence-corrected chi connectivity index (χ0v) is 28.6. The van der Waals surface area contributed by atoms with Crippen LogP contribution in [-0.4, -0.2) is 72.5 Å². The Kier molecular flexibility index (Phi) is 10.8. The van der Waals surface area contributed by atoms with E-state index in [9.17, 15) is 9.90 Å². The van der Waals surface area contributed by atoms with Gasteiger partial charge in [0.2, 0.25) is 0 Å². The number of allylic oxidation sites excluding steroid dienone is 4. The van der Waals surface area contributed by atoms with Crippen LogP contribution in [0.15, 0.2) is 47.1 Å². The highest BCUT2D eigenvalue weighted by atomic mass is 16.7. The first kappa shape index (κ1) is 34.5. The number of rotatable bonds is 5. The Labute approximate surface area is 270 Å². The lowest BCUT2D eigenvalue weighted by Gasteiger charge is -2.50. The van der Waals surface area contributed by atoms with Crippen molar-refractivity contribution in [2.24, 2.45) is 23.7 Å². The zero-order valence-electron chi connectivity index (χ0n) is 28.6. The van der Waals surface area contributed by atoms with Crippen molar-refractivity contribution < 1.29 is 38.3 Å². The van der Waals surface area contributed by atoms with Crippen LogP contribution in [0, 0.1) is 23.7 Å². The van der Waals surface area contributed by atoms with Gasteiger partial charge < -0.3 is 33.5 Å². The maximum atomic E-state index is 14.3. The van der Waals surface area contributed by atoms with Crippen LogP contribution in [0.1, 0.15) is 93.9 Å². The molecule has 1 unspecified atom stereocenters. The van der Waals surface area contributed by atoms with Gasteiger partial charge >= 0.3 is 5.97 Å². The highest BCUT2D eigenvalue weighted by Gasteiger charge is 2.61. The van der Waals surface area contributed by atoms with Crippen molar-refractivity contribution in [3.05, 3.63) is 47.1 Å². The van der Waals surface area contributed by atoms with E-state index in [2.05, 4.69) is 46.8 Å². The Balaban J connectivity index is 1.51. The monoisotopic (exact) mass is 628 g/mol. The summed E-state index contributed by atoms with van der Waals surface area (Å²) in [5.74, 6) is -1.15. The molecular formula is C37H56O8. The SMILES string of the molecule is CCOC(C)O[C@@H]1C(C)=C[C@H]2C(=O)O[C@H]3C[C@@H](C/C=C(\C)C[C@@H](C)/C=C/C=C4\CO[C@H]1[C@@]42O)O[C@@]1(CC[C@H](C)[C@@H](C(C)C)O1)C3. The molecule has 0 aromatic heterocycles. The van der Waals surface area contributed by atoms with Gasteiger partial charge in [-0.3, -0.25) is 4.79 Å². The van der Waals surface area contributed by atoms with Gasteiger partial charge in [-0.25, -0.2) is 0 Å². The fourth-order valence-corrected chi connectivity index (χ4v) is 8.13. The van der Waals surface area contributed by atoms with Gasteiger partial charge in [-0.1, -0.05) is 63.6 Å². The van der Waals surface area contributed by atoms with E-state index in [1.807, 2.05) is 39.0 Å². The van der Waals surface area contributed by atoms with E-state index in [0.29, 0.717) is 36.9 Å². The molecule has 5 rings (SSSR count). The topological polar surface area (TPSA) is 92.7 Å². The second-order valence-electron chi connectivity index (χ2n) is 14.6. The molecule has 0 amide bonds. The van der Waals surface area contributed by atoms with Crippen molar-refractivity contribution in [1.29, 1.82) is 0 Å². The summed E-state index contributed by atoms with van der Waals surface area (Å²) in [6, 6.07) is 0. The van der Waals surface area contributed by atoms with E-state index >= 15 is 0 Å². The van der Waals surface area contributed by atoms with Gasteiger partial charge in [0.25, 0.3) is 0 Å². The molecule has 0 saturated carbocycles. The molecule has 1 spiro atoms.